The van der Waals surface area contributed by atoms with Gasteiger partial charge in [-0.15, -0.1) is 0 Å². The van der Waals surface area contributed by atoms with Gasteiger partial charge in [0.1, 0.15) is 11.5 Å². The number of rotatable bonds is 2. The molecule has 1 aromatic carbocycles. The first-order chi connectivity index (χ1) is 7.00. The van der Waals surface area contributed by atoms with Crippen LogP contribution in [-0.4, -0.2) is 21.8 Å². The summed E-state index contributed by atoms with van der Waals surface area (Å²) in [5, 5.41) is 22.2. The summed E-state index contributed by atoms with van der Waals surface area (Å²) in [6, 6.07) is 3.71. The molecule has 0 radical (unpaired) electrons. The SMILES string of the molecule is CC(C)=NNC(=O)c1cc(O)ccc1O. The topological polar surface area (TPSA) is 81.9 Å². The van der Waals surface area contributed by atoms with E-state index in [-0.39, 0.29) is 17.1 Å². The van der Waals surface area contributed by atoms with Crippen LogP contribution in [0.3, 0.4) is 0 Å². The van der Waals surface area contributed by atoms with Crippen LogP contribution in [0.15, 0.2) is 23.3 Å². The van der Waals surface area contributed by atoms with Gasteiger partial charge in [-0.2, -0.15) is 5.10 Å². The van der Waals surface area contributed by atoms with Gasteiger partial charge in [0.15, 0.2) is 0 Å². The maximum atomic E-state index is 11.4. The molecule has 15 heavy (non-hydrogen) atoms. The Morgan fingerprint density at radius 1 is 1.33 bits per heavy atom. The van der Waals surface area contributed by atoms with Crippen LogP contribution in [0.4, 0.5) is 0 Å². The fourth-order valence-electron chi connectivity index (χ4n) is 0.929. The molecule has 1 rings (SSSR count). The molecule has 0 heterocycles. The Morgan fingerprint density at radius 2 is 2.00 bits per heavy atom. The van der Waals surface area contributed by atoms with Crippen molar-refractivity contribution < 1.29 is 15.0 Å². The van der Waals surface area contributed by atoms with Crippen LogP contribution in [0.2, 0.25) is 0 Å². The fourth-order valence-corrected chi connectivity index (χ4v) is 0.929. The van der Waals surface area contributed by atoms with Gasteiger partial charge in [-0.3, -0.25) is 4.79 Å². The molecule has 0 fully saturated rings. The van der Waals surface area contributed by atoms with E-state index in [2.05, 4.69) is 10.5 Å². The number of phenolic OH excluding ortho intramolecular Hbond substituents is 2. The van der Waals surface area contributed by atoms with Crippen molar-refractivity contribution in [1.82, 2.24) is 5.43 Å². The molecule has 80 valence electrons. The number of aromatic hydroxyl groups is 2. The average Bonchev–Trinajstić information content (AvgIpc) is 2.18. The van der Waals surface area contributed by atoms with Crippen molar-refractivity contribution in [3.05, 3.63) is 23.8 Å². The van der Waals surface area contributed by atoms with Gasteiger partial charge in [-0.1, -0.05) is 0 Å². The number of phenols is 2. The highest BCUT2D eigenvalue weighted by molar-refractivity contribution is 5.97. The molecule has 1 amide bonds. The summed E-state index contributed by atoms with van der Waals surface area (Å²) in [7, 11) is 0. The van der Waals surface area contributed by atoms with Crippen LogP contribution in [0.5, 0.6) is 11.5 Å². The summed E-state index contributed by atoms with van der Waals surface area (Å²) >= 11 is 0. The van der Waals surface area contributed by atoms with Gasteiger partial charge in [0.25, 0.3) is 5.91 Å². The van der Waals surface area contributed by atoms with E-state index in [4.69, 9.17) is 5.11 Å². The lowest BCUT2D eigenvalue weighted by molar-refractivity contribution is 0.0951. The van der Waals surface area contributed by atoms with Crippen molar-refractivity contribution in [3.63, 3.8) is 0 Å². The highest BCUT2D eigenvalue weighted by Crippen LogP contribution is 2.21. The Labute approximate surface area is 87.1 Å². The maximum Gasteiger partial charge on any atom is 0.275 e. The van der Waals surface area contributed by atoms with Gasteiger partial charge in [0, 0.05) is 5.71 Å². The Kier molecular flexibility index (Phi) is 3.28. The third-order valence-corrected chi connectivity index (χ3v) is 1.61. The number of carbonyl (C=O) groups is 1. The van der Waals surface area contributed by atoms with Gasteiger partial charge in [-0.05, 0) is 32.0 Å². The molecule has 0 aliphatic rings. The van der Waals surface area contributed by atoms with Crippen LogP contribution in [-0.2, 0) is 0 Å². The van der Waals surface area contributed by atoms with Crippen molar-refractivity contribution in [2.24, 2.45) is 5.10 Å². The third kappa shape index (κ3) is 2.98. The number of nitrogens with zero attached hydrogens (tertiary/aromatic N) is 1. The molecule has 0 saturated heterocycles. The minimum atomic E-state index is -0.565. The van der Waals surface area contributed by atoms with Gasteiger partial charge in [-0.25, -0.2) is 5.43 Å². The van der Waals surface area contributed by atoms with Crippen molar-refractivity contribution >= 4 is 11.6 Å². The van der Waals surface area contributed by atoms with Gasteiger partial charge in [0.05, 0.1) is 5.56 Å². The summed E-state index contributed by atoms with van der Waals surface area (Å²) in [5.74, 6) is -0.853. The Morgan fingerprint density at radius 3 is 2.60 bits per heavy atom. The molecule has 5 heteroatoms. The van der Waals surface area contributed by atoms with E-state index in [9.17, 15) is 9.90 Å². The second-order valence-electron chi connectivity index (χ2n) is 3.20. The molecule has 0 unspecified atom stereocenters. The summed E-state index contributed by atoms with van der Waals surface area (Å²) in [6.45, 7) is 3.45. The minimum absolute atomic E-state index is 0.0139. The highest BCUT2D eigenvalue weighted by atomic mass is 16.3. The summed E-state index contributed by atoms with van der Waals surface area (Å²) in [6.07, 6.45) is 0. The van der Waals surface area contributed by atoms with Crippen LogP contribution >= 0.6 is 0 Å². The van der Waals surface area contributed by atoms with E-state index in [1.165, 1.54) is 18.2 Å². The average molecular weight is 208 g/mol. The van der Waals surface area contributed by atoms with E-state index in [1.54, 1.807) is 13.8 Å². The number of nitrogens with one attached hydrogen (secondary N) is 1. The summed E-state index contributed by atoms with van der Waals surface area (Å²) < 4.78 is 0. The molecular weight excluding hydrogens is 196 g/mol. The maximum absolute atomic E-state index is 11.4. The largest absolute Gasteiger partial charge is 0.508 e. The molecular formula is C10H12N2O3. The van der Waals surface area contributed by atoms with Gasteiger partial charge >= 0.3 is 0 Å². The zero-order valence-corrected chi connectivity index (χ0v) is 8.48. The first-order valence-corrected chi connectivity index (χ1v) is 4.34. The van der Waals surface area contributed by atoms with Gasteiger partial charge in [0.2, 0.25) is 0 Å². The standard InChI is InChI=1S/C10H12N2O3/c1-6(2)11-12-10(15)8-5-7(13)3-4-9(8)14/h3-5,13-14H,1-2H3,(H,12,15). The molecule has 0 aliphatic heterocycles. The lowest BCUT2D eigenvalue weighted by Gasteiger charge is -2.03. The van der Waals surface area contributed by atoms with Crippen molar-refractivity contribution in [3.8, 4) is 11.5 Å². The van der Waals surface area contributed by atoms with E-state index >= 15 is 0 Å². The number of benzene rings is 1. The number of amides is 1. The van der Waals surface area contributed by atoms with E-state index in [0.717, 1.165) is 0 Å². The molecule has 0 aliphatic carbocycles. The molecule has 0 saturated carbocycles. The molecule has 3 N–H and O–H groups in total. The van der Waals surface area contributed by atoms with Crippen LogP contribution < -0.4 is 5.43 Å². The zero-order chi connectivity index (χ0) is 11.4. The number of hydrogen-bond acceptors (Lipinski definition) is 4. The van der Waals surface area contributed by atoms with E-state index < -0.39 is 5.91 Å². The highest BCUT2D eigenvalue weighted by Gasteiger charge is 2.10. The second kappa shape index (κ2) is 4.45. The normalized spacial score (nSPS) is 9.47. The number of carbonyl (C=O) groups excluding carboxylic acids is 1. The van der Waals surface area contributed by atoms with Crippen molar-refractivity contribution in [2.75, 3.05) is 0 Å². The van der Waals surface area contributed by atoms with Crippen LogP contribution in [0, 0.1) is 0 Å². The predicted octanol–water partition coefficient (Wildman–Crippen LogP) is 1.22. The molecule has 0 aromatic heterocycles. The Hall–Kier alpha value is -2.04. The van der Waals surface area contributed by atoms with Crippen LogP contribution in [0.1, 0.15) is 24.2 Å². The molecule has 0 bridgehead atoms. The zero-order valence-electron chi connectivity index (χ0n) is 8.48. The van der Waals surface area contributed by atoms with Crippen molar-refractivity contribution in [1.29, 1.82) is 0 Å². The van der Waals surface area contributed by atoms with E-state index in [0.29, 0.717) is 5.71 Å². The van der Waals surface area contributed by atoms with E-state index in [1.807, 2.05) is 0 Å². The summed E-state index contributed by atoms with van der Waals surface area (Å²) in [5.41, 5.74) is 2.91. The number of hydrogen-bond donors (Lipinski definition) is 3. The number of hydrazone groups is 1. The smallest absolute Gasteiger partial charge is 0.275 e. The first-order valence-electron chi connectivity index (χ1n) is 4.34. The first kappa shape index (κ1) is 11.0. The molecule has 0 atom stereocenters. The lowest BCUT2D eigenvalue weighted by Crippen LogP contribution is -2.18. The Balaban J connectivity index is 2.91. The second-order valence-corrected chi connectivity index (χ2v) is 3.20. The Bertz CT molecular complexity index is 409. The lowest BCUT2D eigenvalue weighted by atomic mass is 10.2. The molecule has 0 spiro atoms. The monoisotopic (exact) mass is 208 g/mol. The van der Waals surface area contributed by atoms with Gasteiger partial charge < -0.3 is 10.2 Å². The molecule has 1 aromatic rings. The summed E-state index contributed by atoms with van der Waals surface area (Å²) in [4.78, 5) is 11.4. The predicted molar refractivity (Wildman–Crippen MR) is 56.0 cm³/mol. The third-order valence-electron chi connectivity index (χ3n) is 1.61. The fraction of sp³-hybridized carbons (Fsp3) is 0.200. The van der Waals surface area contributed by atoms with Crippen molar-refractivity contribution in [2.45, 2.75) is 13.8 Å². The molecule has 5 nitrogen and oxygen atoms in total. The minimum Gasteiger partial charge on any atom is -0.508 e. The quantitative estimate of drug-likeness (QED) is 0.388. The van der Waals surface area contributed by atoms with Crippen LogP contribution in [0.25, 0.3) is 0 Å².